The van der Waals surface area contributed by atoms with Crippen molar-refractivity contribution in [1.29, 1.82) is 0 Å². The van der Waals surface area contributed by atoms with E-state index in [2.05, 4.69) is 20.8 Å². The number of amides is 1. The molecular formula is C22H24N4O2. The van der Waals surface area contributed by atoms with Crippen LogP contribution in [0, 0.1) is 5.92 Å². The average Bonchev–Trinajstić information content (AvgIpc) is 2.69. The topological polar surface area (TPSA) is 76.1 Å². The van der Waals surface area contributed by atoms with Crippen molar-refractivity contribution in [3.63, 3.8) is 0 Å². The van der Waals surface area contributed by atoms with Crippen LogP contribution in [0.15, 0.2) is 66.7 Å². The van der Waals surface area contributed by atoms with Crippen molar-refractivity contribution in [2.45, 2.75) is 26.9 Å². The zero-order chi connectivity index (χ0) is 19.8. The van der Waals surface area contributed by atoms with Gasteiger partial charge >= 0.3 is 0 Å². The predicted molar refractivity (Wildman–Crippen MR) is 111 cm³/mol. The molecule has 6 nitrogen and oxygen atoms in total. The van der Waals surface area contributed by atoms with Gasteiger partial charge in [-0.15, -0.1) is 10.2 Å². The Kier molecular flexibility index (Phi) is 6.57. The summed E-state index contributed by atoms with van der Waals surface area (Å²) in [5, 5.41) is 14.0. The van der Waals surface area contributed by atoms with E-state index in [9.17, 15) is 4.79 Å². The first kappa shape index (κ1) is 19.4. The molecule has 28 heavy (non-hydrogen) atoms. The van der Waals surface area contributed by atoms with E-state index < -0.39 is 0 Å². The Hall–Kier alpha value is -3.41. The van der Waals surface area contributed by atoms with Crippen LogP contribution in [0.3, 0.4) is 0 Å². The first-order valence-corrected chi connectivity index (χ1v) is 9.26. The van der Waals surface area contributed by atoms with Crippen LogP contribution in [0.5, 0.6) is 5.75 Å². The predicted octanol–water partition coefficient (Wildman–Crippen LogP) is 4.78. The van der Waals surface area contributed by atoms with Crippen LogP contribution in [0.2, 0.25) is 0 Å². The van der Waals surface area contributed by atoms with Gasteiger partial charge in [0.15, 0.2) is 11.6 Å². The van der Waals surface area contributed by atoms with Crippen LogP contribution in [0.25, 0.3) is 0 Å². The number of hydrogen-bond donors (Lipinski definition) is 2. The quantitative estimate of drug-likeness (QED) is 0.591. The lowest BCUT2D eigenvalue weighted by Crippen LogP contribution is -2.15. The van der Waals surface area contributed by atoms with Crippen molar-refractivity contribution in [3.05, 3.63) is 72.3 Å². The molecule has 6 heteroatoms. The van der Waals surface area contributed by atoms with Gasteiger partial charge in [-0.05, 0) is 47.9 Å². The average molecular weight is 376 g/mol. The van der Waals surface area contributed by atoms with E-state index in [1.165, 1.54) is 0 Å². The second kappa shape index (κ2) is 9.50. The molecule has 0 atom stereocenters. The molecule has 3 aromatic rings. The van der Waals surface area contributed by atoms with Crippen LogP contribution < -0.4 is 15.4 Å². The Morgan fingerprint density at radius 2 is 1.61 bits per heavy atom. The van der Waals surface area contributed by atoms with Crippen molar-refractivity contribution in [1.82, 2.24) is 10.2 Å². The summed E-state index contributed by atoms with van der Waals surface area (Å²) in [6.45, 7) is 4.52. The number of anilines is 3. The van der Waals surface area contributed by atoms with Gasteiger partial charge < -0.3 is 15.4 Å². The number of nitrogens with zero attached hydrogens (tertiary/aromatic N) is 2. The molecule has 0 aliphatic rings. The molecule has 144 valence electrons. The lowest BCUT2D eigenvalue weighted by atomic mass is 10.1. The summed E-state index contributed by atoms with van der Waals surface area (Å²) >= 11 is 0. The van der Waals surface area contributed by atoms with Gasteiger partial charge in [0, 0.05) is 12.1 Å². The Balaban J connectivity index is 1.51. The Morgan fingerprint density at radius 3 is 2.25 bits per heavy atom. The lowest BCUT2D eigenvalue weighted by Gasteiger charge is -2.09. The molecule has 0 saturated carbocycles. The van der Waals surface area contributed by atoms with E-state index in [0.717, 1.165) is 17.0 Å². The second-order valence-electron chi connectivity index (χ2n) is 6.87. The molecule has 1 heterocycles. The lowest BCUT2D eigenvalue weighted by molar-refractivity contribution is -0.116. The summed E-state index contributed by atoms with van der Waals surface area (Å²) in [4.78, 5) is 11.8. The molecular weight excluding hydrogens is 352 g/mol. The number of hydrogen-bond acceptors (Lipinski definition) is 5. The molecule has 0 bridgehead atoms. The molecule has 1 amide bonds. The number of carbonyl (C=O) groups is 1. The molecule has 2 aromatic carbocycles. The number of aromatic nitrogens is 2. The first-order valence-electron chi connectivity index (χ1n) is 9.26. The number of benzene rings is 2. The van der Waals surface area contributed by atoms with Crippen LogP contribution >= 0.6 is 0 Å². The third-order valence-corrected chi connectivity index (χ3v) is 3.90. The van der Waals surface area contributed by atoms with Crippen LogP contribution in [-0.4, -0.2) is 16.1 Å². The third kappa shape index (κ3) is 6.09. The van der Waals surface area contributed by atoms with Gasteiger partial charge in [-0.3, -0.25) is 4.79 Å². The van der Waals surface area contributed by atoms with E-state index in [1.807, 2.05) is 68.4 Å². The van der Waals surface area contributed by atoms with E-state index in [0.29, 0.717) is 30.6 Å². The maximum absolute atomic E-state index is 11.8. The molecule has 0 saturated heterocycles. The minimum absolute atomic E-state index is 0.0592. The fourth-order valence-electron chi connectivity index (χ4n) is 2.55. The van der Waals surface area contributed by atoms with E-state index in [4.69, 9.17) is 4.74 Å². The molecule has 3 rings (SSSR count). The van der Waals surface area contributed by atoms with E-state index in [-0.39, 0.29) is 5.91 Å². The van der Waals surface area contributed by atoms with Crippen molar-refractivity contribution in [3.8, 4) is 5.75 Å². The van der Waals surface area contributed by atoms with Gasteiger partial charge in [0.25, 0.3) is 0 Å². The summed E-state index contributed by atoms with van der Waals surface area (Å²) in [6.07, 6.45) is 0.459. The maximum Gasteiger partial charge on any atom is 0.225 e. The van der Waals surface area contributed by atoms with Crippen molar-refractivity contribution < 1.29 is 9.53 Å². The van der Waals surface area contributed by atoms with Crippen LogP contribution in [0.1, 0.15) is 25.8 Å². The second-order valence-corrected chi connectivity index (χ2v) is 6.87. The number of ether oxygens (including phenoxy) is 1. The molecule has 0 spiro atoms. The largest absolute Gasteiger partial charge is 0.489 e. The van der Waals surface area contributed by atoms with Crippen molar-refractivity contribution >= 4 is 23.2 Å². The monoisotopic (exact) mass is 376 g/mol. The van der Waals surface area contributed by atoms with Crippen LogP contribution in [0.4, 0.5) is 17.3 Å². The first-order chi connectivity index (χ1) is 13.6. The molecule has 0 unspecified atom stereocenters. The molecule has 0 fully saturated rings. The Morgan fingerprint density at radius 1 is 0.929 bits per heavy atom. The summed E-state index contributed by atoms with van der Waals surface area (Å²) in [7, 11) is 0. The minimum atomic E-state index is -0.0592. The van der Waals surface area contributed by atoms with Gasteiger partial charge in [-0.1, -0.05) is 44.2 Å². The number of rotatable bonds is 8. The standard InChI is InChI=1S/C22H24N4O2/c1-16(2)14-22(27)24-21-13-12-20(25-26-21)23-18-8-10-19(11-9-18)28-15-17-6-4-3-5-7-17/h3-13,16H,14-15H2,1-2H3,(H,23,25)(H,24,26,27). The highest BCUT2D eigenvalue weighted by molar-refractivity contribution is 5.89. The third-order valence-electron chi connectivity index (χ3n) is 3.90. The van der Waals surface area contributed by atoms with Gasteiger partial charge in [-0.25, -0.2) is 0 Å². The molecule has 1 aromatic heterocycles. The van der Waals surface area contributed by atoms with E-state index in [1.54, 1.807) is 12.1 Å². The molecule has 2 N–H and O–H groups in total. The van der Waals surface area contributed by atoms with Crippen molar-refractivity contribution in [2.24, 2.45) is 5.92 Å². The molecule has 0 aliphatic heterocycles. The highest BCUT2D eigenvalue weighted by Crippen LogP contribution is 2.20. The van der Waals surface area contributed by atoms with Gasteiger partial charge in [-0.2, -0.15) is 0 Å². The summed E-state index contributed by atoms with van der Waals surface area (Å²) in [5.41, 5.74) is 2.00. The van der Waals surface area contributed by atoms with Gasteiger partial charge in [0.05, 0.1) is 0 Å². The zero-order valence-corrected chi connectivity index (χ0v) is 16.1. The fraction of sp³-hybridized carbons (Fsp3) is 0.227. The minimum Gasteiger partial charge on any atom is -0.489 e. The highest BCUT2D eigenvalue weighted by Gasteiger charge is 2.06. The molecule has 0 radical (unpaired) electrons. The zero-order valence-electron chi connectivity index (χ0n) is 16.1. The number of nitrogens with one attached hydrogen (secondary N) is 2. The van der Waals surface area contributed by atoms with Gasteiger partial charge in [0.2, 0.25) is 5.91 Å². The van der Waals surface area contributed by atoms with Crippen LogP contribution in [-0.2, 0) is 11.4 Å². The Labute approximate surface area is 165 Å². The summed E-state index contributed by atoms with van der Waals surface area (Å²) < 4.78 is 5.78. The molecule has 0 aliphatic carbocycles. The smallest absolute Gasteiger partial charge is 0.225 e. The highest BCUT2D eigenvalue weighted by atomic mass is 16.5. The number of carbonyl (C=O) groups excluding carboxylic acids is 1. The fourth-order valence-corrected chi connectivity index (χ4v) is 2.55. The maximum atomic E-state index is 11.8. The van der Waals surface area contributed by atoms with E-state index >= 15 is 0 Å². The summed E-state index contributed by atoms with van der Waals surface area (Å²) in [5.74, 6) is 2.08. The normalized spacial score (nSPS) is 10.5. The SMILES string of the molecule is CC(C)CC(=O)Nc1ccc(Nc2ccc(OCc3ccccc3)cc2)nn1. The Bertz CT molecular complexity index is 879. The van der Waals surface area contributed by atoms with Gasteiger partial charge in [0.1, 0.15) is 12.4 Å². The summed E-state index contributed by atoms with van der Waals surface area (Å²) in [6, 6.07) is 21.2. The van der Waals surface area contributed by atoms with Crippen molar-refractivity contribution in [2.75, 3.05) is 10.6 Å².